The van der Waals surface area contributed by atoms with E-state index < -0.39 is 10.0 Å². The molecule has 5 N–H and O–H groups in total. The molecular formula is C25H36N8O2S. The quantitative estimate of drug-likeness (QED) is 0.356. The largest absolute Gasteiger partial charge is 0.351 e. The fraction of sp³-hybridized carbons (Fsp3) is 0.560. The number of anilines is 3. The first kappa shape index (κ1) is 24.9. The van der Waals surface area contributed by atoms with Crippen LogP contribution in [0.5, 0.6) is 0 Å². The van der Waals surface area contributed by atoms with Crippen LogP contribution in [0.3, 0.4) is 0 Å². The SMILES string of the molecule is CCn1cnc2c(Nc3ccc(S(=O)(=O)NC4CCCCC4)cc3)nc(NC3CCC(N)CC3)nc21. The molecule has 2 aliphatic rings. The normalized spacial score (nSPS) is 21.5. The Hall–Kier alpha value is -2.76. The predicted octanol–water partition coefficient (Wildman–Crippen LogP) is 3.88. The second-order valence-corrected chi connectivity index (χ2v) is 11.7. The Kier molecular flexibility index (Phi) is 7.40. The smallest absolute Gasteiger partial charge is 0.240 e. The minimum atomic E-state index is -3.55. The van der Waals surface area contributed by atoms with Gasteiger partial charge in [-0.15, -0.1) is 0 Å². The van der Waals surface area contributed by atoms with Crippen LogP contribution in [-0.4, -0.2) is 46.1 Å². The molecule has 0 bridgehead atoms. The van der Waals surface area contributed by atoms with E-state index in [2.05, 4.69) is 20.3 Å². The van der Waals surface area contributed by atoms with Crippen LogP contribution < -0.4 is 21.1 Å². The maximum atomic E-state index is 12.9. The highest BCUT2D eigenvalue weighted by molar-refractivity contribution is 7.89. The highest BCUT2D eigenvalue weighted by atomic mass is 32.2. The summed E-state index contributed by atoms with van der Waals surface area (Å²) in [5.41, 5.74) is 8.21. The first-order valence-corrected chi connectivity index (χ1v) is 14.5. The van der Waals surface area contributed by atoms with Gasteiger partial charge in [-0.1, -0.05) is 19.3 Å². The summed E-state index contributed by atoms with van der Waals surface area (Å²) in [6.45, 7) is 2.79. The maximum Gasteiger partial charge on any atom is 0.240 e. The lowest BCUT2D eigenvalue weighted by Crippen LogP contribution is -2.36. The van der Waals surface area contributed by atoms with Gasteiger partial charge in [0.05, 0.1) is 11.2 Å². The summed E-state index contributed by atoms with van der Waals surface area (Å²) in [5, 5.41) is 6.81. The lowest BCUT2D eigenvalue weighted by molar-refractivity contribution is 0.410. The van der Waals surface area contributed by atoms with Crippen LogP contribution in [0.1, 0.15) is 64.7 Å². The van der Waals surface area contributed by atoms with Crippen molar-refractivity contribution in [1.29, 1.82) is 0 Å². The van der Waals surface area contributed by atoms with Crippen molar-refractivity contribution >= 4 is 38.6 Å². The van der Waals surface area contributed by atoms with Crippen molar-refractivity contribution in [1.82, 2.24) is 24.2 Å². The third kappa shape index (κ3) is 5.63. The molecule has 0 saturated heterocycles. The second-order valence-electron chi connectivity index (χ2n) is 9.96. The zero-order chi connectivity index (χ0) is 25.1. The van der Waals surface area contributed by atoms with Gasteiger partial charge < -0.3 is 20.9 Å². The summed E-state index contributed by atoms with van der Waals surface area (Å²) in [7, 11) is -3.55. The van der Waals surface area contributed by atoms with Crippen LogP contribution in [0.4, 0.5) is 17.5 Å². The number of hydrogen-bond donors (Lipinski definition) is 4. The summed E-state index contributed by atoms with van der Waals surface area (Å²) in [6.07, 6.45) is 10.8. The molecule has 2 saturated carbocycles. The Morgan fingerprint density at radius 1 is 0.972 bits per heavy atom. The average molecular weight is 513 g/mol. The third-order valence-electron chi connectivity index (χ3n) is 7.26. The molecule has 0 unspecified atom stereocenters. The third-order valence-corrected chi connectivity index (χ3v) is 8.80. The van der Waals surface area contributed by atoms with Crippen molar-refractivity contribution in [3.63, 3.8) is 0 Å². The van der Waals surface area contributed by atoms with Crippen molar-refractivity contribution < 1.29 is 8.42 Å². The average Bonchev–Trinajstić information content (AvgIpc) is 3.29. The van der Waals surface area contributed by atoms with Gasteiger partial charge in [0, 0.05) is 30.4 Å². The number of rotatable bonds is 8. The number of nitrogens with one attached hydrogen (secondary N) is 3. The number of sulfonamides is 1. The van der Waals surface area contributed by atoms with E-state index in [1.807, 2.05) is 11.5 Å². The summed E-state index contributed by atoms with van der Waals surface area (Å²) in [5.74, 6) is 1.13. The lowest BCUT2D eigenvalue weighted by atomic mass is 9.92. The number of nitrogens with zero attached hydrogens (tertiary/aromatic N) is 4. The van der Waals surface area contributed by atoms with E-state index in [0.29, 0.717) is 17.3 Å². The van der Waals surface area contributed by atoms with E-state index in [9.17, 15) is 8.42 Å². The Labute approximate surface area is 212 Å². The van der Waals surface area contributed by atoms with E-state index in [1.165, 1.54) is 6.42 Å². The Morgan fingerprint density at radius 3 is 2.39 bits per heavy atom. The van der Waals surface area contributed by atoms with Gasteiger partial charge in [0.25, 0.3) is 0 Å². The van der Waals surface area contributed by atoms with E-state index >= 15 is 0 Å². The molecule has 0 aliphatic heterocycles. The number of hydrogen-bond acceptors (Lipinski definition) is 8. The van der Waals surface area contributed by atoms with Crippen molar-refractivity contribution in [2.24, 2.45) is 5.73 Å². The molecule has 2 fully saturated rings. The second kappa shape index (κ2) is 10.7. The van der Waals surface area contributed by atoms with E-state index in [1.54, 1.807) is 30.6 Å². The highest BCUT2D eigenvalue weighted by Crippen LogP contribution is 2.27. The minimum Gasteiger partial charge on any atom is -0.351 e. The molecule has 36 heavy (non-hydrogen) atoms. The molecule has 10 nitrogen and oxygen atoms in total. The number of imidazole rings is 1. The standard InChI is InChI=1S/C25H36N8O2S/c1-2-33-16-27-22-23(30-25(31-24(22)33)29-19-10-8-17(26)9-11-19)28-18-12-14-21(15-13-18)36(34,35)32-20-6-4-3-5-7-20/h12-17,19-20,32H,2-11,26H2,1H3,(H2,28,29,30,31). The zero-order valence-corrected chi connectivity index (χ0v) is 21.6. The monoisotopic (exact) mass is 512 g/mol. The van der Waals surface area contributed by atoms with Crippen molar-refractivity contribution in [3.05, 3.63) is 30.6 Å². The Morgan fingerprint density at radius 2 is 1.69 bits per heavy atom. The molecule has 0 radical (unpaired) electrons. The van der Waals surface area contributed by atoms with Crippen LogP contribution in [0.15, 0.2) is 35.5 Å². The zero-order valence-electron chi connectivity index (χ0n) is 20.8. The lowest BCUT2D eigenvalue weighted by Gasteiger charge is -2.26. The molecular weight excluding hydrogens is 476 g/mol. The van der Waals surface area contributed by atoms with Crippen LogP contribution >= 0.6 is 0 Å². The molecule has 3 aromatic rings. The van der Waals surface area contributed by atoms with Crippen molar-refractivity contribution in [2.75, 3.05) is 10.6 Å². The van der Waals surface area contributed by atoms with Crippen LogP contribution in [-0.2, 0) is 16.6 Å². The molecule has 2 aliphatic carbocycles. The summed E-state index contributed by atoms with van der Waals surface area (Å²) in [4.78, 5) is 14.3. The van der Waals surface area contributed by atoms with Crippen LogP contribution in [0.25, 0.3) is 11.2 Å². The van der Waals surface area contributed by atoms with Crippen LogP contribution in [0.2, 0.25) is 0 Å². The molecule has 5 rings (SSSR count). The molecule has 0 amide bonds. The van der Waals surface area contributed by atoms with Gasteiger partial charge >= 0.3 is 0 Å². The minimum absolute atomic E-state index is 0.0235. The van der Waals surface area contributed by atoms with E-state index in [0.717, 1.165) is 69.2 Å². The number of fused-ring (bicyclic) bond motifs is 1. The van der Waals surface area contributed by atoms with Gasteiger partial charge in [-0.3, -0.25) is 0 Å². The van der Waals surface area contributed by atoms with Gasteiger partial charge in [0.2, 0.25) is 16.0 Å². The van der Waals surface area contributed by atoms with Gasteiger partial charge in [-0.2, -0.15) is 9.97 Å². The first-order valence-electron chi connectivity index (χ1n) is 13.1. The summed E-state index contributed by atoms with van der Waals surface area (Å²) >= 11 is 0. The number of aryl methyl sites for hydroxylation is 1. The number of nitrogens with two attached hydrogens (primary N) is 1. The van der Waals surface area contributed by atoms with Crippen LogP contribution in [0, 0.1) is 0 Å². The van der Waals surface area contributed by atoms with Gasteiger partial charge in [-0.05, 0) is 69.7 Å². The molecule has 0 spiro atoms. The highest BCUT2D eigenvalue weighted by Gasteiger charge is 2.23. The van der Waals surface area contributed by atoms with E-state index in [4.69, 9.17) is 15.7 Å². The molecule has 11 heteroatoms. The predicted molar refractivity (Wildman–Crippen MR) is 142 cm³/mol. The Bertz CT molecular complexity index is 1280. The summed E-state index contributed by atoms with van der Waals surface area (Å²) < 4.78 is 30.6. The van der Waals surface area contributed by atoms with Crippen molar-refractivity contribution in [3.8, 4) is 0 Å². The number of aromatic nitrogens is 4. The molecule has 2 heterocycles. The molecule has 1 aromatic carbocycles. The molecule has 0 atom stereocenters. The molecule has 194 valence electrons. The fourth-order valence-corrected chi connectivity index (χ4v) is 6.44. The maximum absolute atomic E-state index is 12.9. The molecule has 2 aromatic heterocycles. The summed E-state index contributed by atoms with van der Waals surface area (Å²) in [6, 6.07) is 7.35. The van der Waals surface area contributed by atoms with Gasteiger partial charge in [0.15, 0.2) is 17.0 Å². The number of benzene rings is 1. The van der Waals surface area contributed by atoms with Crippen molar-refractivity contribution in [2.45, 2.75) is 94.3 Å². The topological polar surface area (TPSA) is 140 Å². The van der Waals surface area contributed by atoms with Gasteiger partial charge in [-0.25, -0.2) is 18.1 Å². The Balaban J connectivity index is 1.35. The fourth-order valence-electron chi connectivity index (χ4n) is 5.14. The first-order chi connectivity index (χ1) is 17.4. The van der Waals surface area contributed by atoms with Gasteiger partial charge in [0.1, 0.15) is 0 Å². The van der Waals surface area contributed by atoms with E-state index in [-0.39, 0.29) is 23.0 Å².